The molecular weight excluding hydrogens is 331 g/mol. The number of nitrogens with one attached hydrogen (secondary N) is 1. The van der Waals surface area contributed by atoms with Gasteiger partial charge in [-0.2, -0.15) is 0 Å². The maximum atomic E-state index is 12.4. The summed E-state index contributed by atoms with van der Waals surface area (Å²) in [5, 5.41) is 15.1. The van der Waals surface area contributed by atoms with Crippen LogP contribution in [0.5, 0.6) is 0 Å². The summed E-state index contributed by atoms with van der Waals surface area (Å²) in [6.45, 7) is 3.57. The smallest absolute Gasteiger partial charge is 0.550 e. The van der Waals surface area contributed by atoms with Gasteiger partial charge in [-0.1, -0.05) is 19.9 Å². The number of aromatic nitrogens is 1. The van der Waals surface area contributed by atoms with E-state index in [2.05, 4.69) is 5.32 Å². The van der Waals surface area contributed by atoms with Crippen molar-refractivity contribution in [3.8, 4) is 0 Å². The number of aliphatic carboxylic acids is 1. The Morgan fingerprint density at radius 2 is 1.92 bits per heavy atom. The van der Waals surface area contributed by atoms with E-state index in [1.807, 2.05) is 6.07 Å². The maximum Gasteiger partial charge on any atom is 1.00 e. The number of amides is 1. The Morgan fingerprint density at radius 3 is 2.48 bits per heavy atom. The minimum Gasteiger partial charge on any atom is -0.550 e. The topological polar surface area (TPSA) is 91.2 Å². The van der Waals surface area contributed by atoms with Crippen LogP contribution in [-0.4, -0.2) is 16.4 Å². The standard InChI is InChI=1S/C18H20N2O4.Na/c1-10(2)18(17(23)24)9-13(18)16(22)19-12-6-4-11-5-7-15(21)20(3)14(11)8-12;/h4-8,10,13H,9H2,1-3H3,(H,19,22)(H,23,24);/q;+1/p-1. The zero-order valence-electron chi connectivity index (χ0n) is 14.8. The number of hydrogen-bond donors (Lipinski definition) is 1. The molecule has 1 heterocycles. The summed E-state index contributed by atoms with van der Waals surface area (Å²) in [6.07, 6.45) is 0.297. The molecule has 1 aliphatic rings. The quantitative estimate of drug-likeness (QED) is 0.639. The first-order chi connectivity index (χ1) is 11.3. The molecule has 0 bridgehead atoms. The van der Waals surface area contributed by atoms with Gasteiger partial charge in [0.15, 0.2) is 0 Å². The minimum atomic E-state index is -1.17. The molecule has 1 aliphatic carbocycles. The number of carbonyl (C=O) groups is 2. The number of rotatable bonds is 4. The Kier molecular flexibility index (Phi) is 5.47. The molecule has 0 aliphatic heterocycles. The Labute approximate surface area is 167 Å². The van der Waals surface area contributed by atoms with Crippen LogP contribution in [0.15, 0.2) is 35.1 Å². The minimum absolute atomic E-state index is 0. The Morgan fingerprint density at radius 1 is 1.28 bits per heavy atom. The number of pyridine rings is 1. The number of benzene rings is 1. The van der Waals surface area contributed by atoms with Gasteiger partial charge in [0.25, 0.3) is 5.56 Å². The Balaban J connectivity index is 0.00000225. The third kappa shape index (κ3) is 3.26. The first-order valence-corrected chi connectivity index (χ1v) is 7.89. The summed E-state index contributed by atoms with van der Waals surface area (Å²) in [5.41, 5.74) is 0.0278. The number of carboxylic acids is 1. The number of hydrogen-bond acceptors (Lipinski definition) is 4. The van der Waals surface area contributed by atoms with Crippen molar-refractivity contribution in [1.82, 2.24) is 4.57 Å². The predicted molar refractivity (Wildman–Crippen MR) is 88.2 cm³/mol. The Bertz CT molecular complexity index is 906. The van der Waals surface area contributed by atoms with Crippen molar-refractivity contribution in [2.45, 2.75) is 20.3 Å². The molecule has 1 aromatic heterocycles. The molecule has 7 heteroatoms. The third-order valence-corrected chi connectivity index (χ3v) is 5.13. The zero-order valence-corrected chi connectivity index (χ0v) is 16.8. The van der Waals surface area contributed by atoms with E-state index in [0.717, 1.165) is 5.39 Å². The van der Waals surface area contributed by atoms with Crippen molar-refractivity contribution in [3.05, 3.63) is 40.7 Å². The number of aryl methyl sites for hydroxylation is 1. The van der Waals surface area contributed by atoms with Gasteiger partial charge in [-0.3, -0.25) is 9.59 Å². The molecule has 0 saturated heterocycles. The van der Waals surface area contributed by atoms with Crippen LogP contribution in [0.3, 0.4) is 0 Å². The molecular formula is C18H19N2NaO4. The maximum absolute atomic E-state index is 12.4. The second-order valence-electron chi connectivity index (χ2n) is 6.73. The van der Waals surface area contributed by atoms with Crippen LogP contribution in [0, 0.1) is 17.3 Å². The molecule has 6 nitrogen and oxygen atoms in total. The van der Waals surface area contributed by atoms with Crippen LogP contribution in [0.1, 0.15) is 20.3 Å². The van der Waals surface area contributed by atoms with Gasteiger partial charge in [0.1, 0.15) is 0 Å². The van der Waals surface area contributed by atoms with Gasteiger partial charge in [-0.25, -0.2) is 0 Å². The number of anilines is 1. The first kappa shape index (κ1) is 19.7. The van der Waals surface area contributed by atoms with Gasteiger partial charge in [0.2, 0.25) is 5.91 Å². The van der Waals surface area contributed by atoms with Crippen molar-refractivity contribution in [2.24, 2.45) is 24.3 Å². The van der Waals surface area contributed by atoms with Crippen LogP contribution in [0.2, 0.25) is 0 Å². The summed E-state index contributed by atoms with van der Waals surface area (Å²) in [4.78, 5) is 35.6. The predicted octanol–water partition coefficient (Wildman–Crippen LogP) is -2.11. The third-order valence-electron chi connectivity index (χ3n) is 5.13. The number of nitrogens with zero attached hydrogens (tertiary/aromatic N) is 1. The van der Waals surface area contributed by atoms with E-state index in [9.17, 15) is 19.5 Å². The Hall–Kier alpha value is -1.63. The van der Waals surface area contributed by atoms with Crippen LogP contribution >= 0.6 is 0 Å². The van der Waals surface area contributed by atoms with Crippen molar-refractivity contribution < 1.29 is 44.3 Å². The summed E-state index contributed by atoms with van der Waals surface area (Å²) >= 11 is 0. The van der Waals surface area contributed by atoms with Crippen molar-refractivity contribution in [3.63, 3.8) is 0 Å². The van der Waals surface area contributed by atoms with Crippen molar-refractivity contribution in [2.75, 3.05) is 5.32 Å². The molecule has 0 radical (unpaired) electrons. The fraction of sp³-hybridized carbons (Fsp3) is 0.389. The van der Waals surface area contributed by atoms with Gasteiger partial charge in [0, 0.05) is 30.2 Å². The number of carboxylic acid groups (broad SMARTS) is 1. The zero-order chi connectivity index (χ0) is 17.6. The van der Waals surface area contributed by atoms with Gasteiger partial charge < -0.3 is 19.8 Å². The molecule has 126 valence electrons. The molecule has 2 unspecified atom stereocenters. The van der Waals surface area contributed by atoms with Crippen LogP contribution < -0.4 is 45.5 Å². The average molecular weight is 350 g/mol. The summed E-state index contributed by atoms with van der Waals surface area (Å²) in [6, 6.07) is 8.48. The fourth-order valence-electron chi connectivity index (χ4n) is 3.38. The molecule has 1 fully saturated rings. The van der Waals surface area contributed by atoms with E-state index in [4.69, 9.17) is 0 Å². The van der Waals surface area contributed by atoms with E-state index in [-0.39, 0.29) is 46.9 Å². The molecule has 2 atom stereocenters. The van der Waals surface area contributed by atoms with Gasteiger partial charge in [-0.15, -0.1) is 0 Å². The molecule has 1 aromatic carbocycles. The van der Waals surface area contributed by atoms with Crippen molar-refractivity contribution >= 4 is 28.5 Å². The van der Waals surface area contributed by atoms with Crippen LogP contribution in [0.25, 0.3) is 10.9 Å². The summed E-state index contributed by atoms with van der Waals surface area (Å²) < 4.78 is 1.50. The average Bonchev–Trinajstić information content (AvgIpc) is 3.29. The van der Waals surface area contributed by atoms with E-state index in [1.54, 1.807) is 39.1 Å². The SMILES string of the molecule is CC(C)C1(C(=O)[O-])CC1C(=O)Nc1ccc2ccc(=O)n(C)c2c1.[Na+]. The van der Waals surface area contributed by atoms with Crippen molar-refractivity contribution in [1.29, 1.82) is 0 Å². The second kappa shape index (κ2) is 6.94. The fourth-order valence-corrected chi connectivity index (χ4v) is 3.38. The molecule has 1 saturated carbocycles. The van der Waals surface area contributed by atoms with Crippen LogP contribution in [0.4, 0.5) is 5.69 Å². The van der Waals surface area contributed by atoms with E-state index >= 15 is 0 Å². The van der Waals surface area contributed by atoms with Gasteiger partial charge in [0.05, 0.1) is 11.4 Å². The molecule has 0 spiro atoms. The van der Waals surface area contributed by atoms with Crippen LogP contribution in [-0.2, 0) is 16.6 Å². The molecule has 1 amide bonds. The molecule has 2 aromatic rings. The molecule has 3 rings (SSSR count). The number of carbonyl (C=O) groups excluding carboxylic acids is 2. The largest absolute Gasteiger partial charge is 1.00 e. The van der Waals surface area contributed by atoms with E-state index in [0.29, 0.717) is 17.6 Å². The van der Waals surface area contributed by atoms with Gasteiger partial charge >= 0.3 is 29.6 Å². The summed E-state index contributed by atoms with van der Waals surface area (Å²) in [5.74, 6) is -2.25. The van der Waals surface area contributed by atoms with E-state index in [1.165, 1.54) is 10.6 Å². The first-order valence-electron chi connectivity index (χ1n) is 7.89. The normalized spacial score (nSPS) is 21.7. The second-order valence-corrected chi connectivity index (χ2v) is 6.73. The van der Waals surface area contributed by atoms with E-state index < -0.39 is 17.3 Å². The molecule has 25 heavy (non-hydrogen) atoms. The summed E-state index contributed by atoms with van der Waals surface area (Å²) in [7, 11) is 1.66. The monoisotopic (exact) mass is 350 g/mol. The molecule has 1 N–H and O–H groups in total. The van der Waals surface area contributed by atoms with Gasteiger partial charge in [-0.05, 0) is 35.9 Å². The number of fused-ring (bicyclic) bond motifs is 1.